The van der Waals surface area contributed by atoms with Crippen molar-refractivity contribution in [2.45, 2.75) is 18.2 Å². The zero-order chi connectivity index (χ0) is 15.0. The minimum atomic E-state index is -3.42. The topological polar surface area (TPSA) is 66.6 Å². The summed E-state index contributed by atoms with van der Waals surface area (Å²) in [4.78, 5) is 2.25. The van der Waals surface area contributed by atoms with Crippen LogP contribution in [-0.2, 0) is 10.0 Å². The van der Waals surface area contributed by atoms with E-state index in [0.717, 1.165) is 12.1 Å². The van der Waals surface area contributed by atoms with Gasteiger partial charge in [0.25, 0.3) is 0 Å². The summed E-state index contributed by atoms with van der Waals surface area (Å²) in [6, 6.07) is 7.04. The highest BCUT2D eigenvalue weighted by atomic mass is 35.5. The smallest absolute Gasteiger partial charge is 0.243 e. The normalized spacial score (nSPS) is 22.9. The number of hydrogen-bond donors (Lipinski definition) is 1. The molecule has 2 N–H and O–H groups in total. The molecule has 5 nitrogen and oxygen atoms in total. The quantitative estimate of drug-likeness (QED) is 0.907. The van der Waals surface area contributed by atoms with E-state index in [1.165, 1.54) is 0 Å². The minimum Gasteiger partial charge on any atom is -0.378 e. The van der Waals surface area contributed by atoms with Crippen molar-refractivity contribution in [1.82, 2.24) is 4.31 Å². The van der Waals surface area contributed by atoms with Gasteiger partial charge in [-0.2, -0.15) is 4.31 Å². The first-order chi connectivity index (χ1) is 9.28. The van der Waals surface area contributed by atoms with Crippen molar-refractivity contribution in [2.75, 3.05) is 38.6 Å². The van der Waals surface area contributed by atoms with Crippen molar-refractivity contribution >= 4 is 28.1 Å². The van der Waals surface area contributed by atoms with E-state index in [4.69, 9.17) is 5.73 Å². The zero-order valence-corrected chi connectivity index (χ0v) is 14.4. The first-order valence-corrected chi connectivity index (χ1v) is 8.20. The average molecular weight is 334 g/mol. The van der Waals surface area contributed by atoms with Crippen LogP contribution in [0.3, 0.4) is 0 Å². The predicted molar refractivity (Wildman–Crippen MR) is 88.6 cm³/mol. The Morgan fingerprint density at radius 3 is 2.57 bits per heavy atom. The molecule has 0 radical (unpaired) electrons. The molecule has 0 amide bonds. The van der Waals surface area contributed by atoms with Crippen molar-refractivity contribution in [3.8, 4) is 0 Å². The molecule has 0 aromatic heterocycles. The summed E-state index contributed by atoms with van der Waals surface area (Å²) in [6.07, 6.45) is 0.816. The van der Waals surface area contributed by atoms with Gasteiger partial charge in [-0.1, -0.05) is 13.0 Å². The van der Waals surface area contributed by atoms with Crippen LogP contribution in [0.2, 0.25) is 0 Å². The number of hydrogen-bond acceptors (Lipinski definition) is 4. The Balaban J connectivity index is 0.00000220. The summed E-state index contributed by atoms with van der Waals surface area (Å²) >= 11 is 0. The van der Waals surface area contributed by atoms with Crippen LogP contribution in [-0.4, -0.2) is 46.5 Å². The summed E-state index contributed by atoms with van der Waals surface area (Å²) in [5.41, 5.74) is 6.52. The molecule has 120 valence electrons. The molecule has 1 aromatic rings. The summed E-state index contributed by atoms with van der Waals surface area (Å²) in [6.45, 7) is 3.59. The standard InChI is InChI=1S/C14H23N3O2S.ClH/c1-14(10-15)7-8-17(11-14)20(18,19)13-6-4-5-12(9-13)16(2)3;/h4-6,9H,7-8,10-11,15H2,1-3H3;1H. The summed E-state index contributed by atoms with van der Waals surface area (Å²) in [7, 11) is 0.367. The monoisotopic (exact) mass is 333 g/mol. The fraction of sp³-hybridized carbons (Fsp3) is 0.571. The van der Waals surface area contributed by atoms with E-state index in [1.54, 1.807) is 22.5 Å². The molecule has 1 saturated heterocycles. The Morgan fingerprint density at radius 1 is 1.38 bits per heavy atom. The maximum atomic E-state index is 12.7. The summed E-state index contributed by atoms with van der Waals surface area (Å²) in [5, 5.41) is 0. The Bertz CT molecular complexity index is 592. The van der Waals surface area contributed by atoms with Gasteiger partial charge in [-0.3, -0.25) is 0 Å². The van der Waals surface area contributed by atoms with Crippen LogP contribution in [0.25, 0.3) is 0 Å². The van der Waals surface area contributed by atoms with Gasteiger partial charge in [0.1, 0.15) is 0 Å². The van der Waals surface area contributed by atoms with E-state index in [2.05, 4.69) is 0 Å². The summed E-state index contributed by atoms with van der Waals surface area (Å²) < 4.78 is 26.9. The van der Waals surface area contributed by atoms with Crippen molar-refractivity contribution in [3.63, 3.8) is 0 Å². The third-order valence-electron chi connectivity index (χ3n) is 3.99. The summed E-state index contributed by atoms with van der Waals surface area (Å²) in [5.74, 6) is 0. The fourth-order valence-electron chi connectivity index (χ4n) is 2.42. The van der Waals surface area contributed by atoms with Gasteiger partial charge in [0.15, 0.2) is 0 Å². The molecule has 0 saturated carbocycles. The van der Waals surface area contributed by atoms with Crippen LogP contribution < -0.4 is 10.6 Å². The second-order valence-electron chi connectivity index (χ2n) is 6.00. The molecule has 1 unspecified atom stereocenters. The molecule has 1 heterocycles. The van der Waals surface area contributed by atoms with Gasteiger partial charge in [-0.05, 0) is 36.6 Å². The van der Waals surface area contributed by atoms with E-state index in [1.807, 2.05) is 32.0 Å². The Kier molecular flexibility index (Phi) is 5.66. The molecule has 1 aliphatic rings. The van der Waals surface area contributed by atoms with Crippen LogP contribution in [0, 0.1) is 5.41 Å². The van der Waals surface area contributed by atoms with Gasteiger partial charge < -0.3 is 10.6 Å². The second kappa shape index (κ2) is 6.52. The molecule has 2 rings (SSSR count). The van der Waals surface area contributed by atoms with Crippen LogP contribution >= 0.6 is 12.4 Å². The third kappa shape index (κ3) is 3.69. The number of rotatable bonds is 4. The van der Waals surface area contributed by atoms with Crippen molar-refractivity contribution in [1.29, 1.82) is 0 Å². The highest BCUT2D eigenvalue weighted by Gasteiger charge is 2.38. The van der Waals surface area contributed by atoms with Gasteiger partial charge in [0.05, 0.1) is 4.90 Å². The van der Waals surface area contributed by atoms with E-state index < -0.39 is 10.0 Å². The molecule has 21 heavy (non-hydrogen) atoms. The highest BCUT2D eigenvalue weighted by molar-refractivity contribution is 7.89. The molecule has 7 heteroatoms. The fourth-order valence-corrected chi connectivity index (χ4v) is 4.05. The van der Waals surface area contributed by atoms with Gasteiger partial charge >= 0.3 is 0 Å². The number of anilines is 1. The van der Waals surface area contributed by atoms with Crippen LogP contribution in [0.5, 0.6) is 0 Å². The molecule has 1 aromatic carbocycles. The van der Waals surface area contributed by atoms with Gasteiger partial charge in [-0.15, -0.1) is 12.4 Å². The molecule has 1 atom stereocenters. The first-order valence-electron chi connectivity index (χ1n) is 6.76. The SMILES string of the molecule is CN(C)c1cccc(S(=O)(=O)N2CCC(C)(CN)C2)c1.Cl. The minimum absolute atomic E-state index is 0. The van der Waals surface area contributed by atoms with Gasteiger partial charge in [-0.25, -0.2) is 8.42 Å². The Labute approximate surface area is 133 Å². The van der Waals surface area contributed by atoms with Crippen LogP contribution in [0.1, 0.15) is 13.3 Å². The Morgan fingerprint density at radius 2 is 2.05 bits per heavy atom. The molecule has 1 aliphatic heterocycles. The number of nitrogens with two attached hydrogens (primary N) is 1. The Hall–Kier alpha value is -0.820. The maximum absolute atomic E-state index is 12.7. The van der Waals surface area contributed by atoms with Gasteiger partial charge in [0.2, 0.25) is 10.0 Å². The van der Waals surface area contributed by atoms with Crippen molar-refractivity contribution < 1.29 is 8.42 Å². The van der Waals surface area contributed by atoms with Crippen LogP contribution in [0.15, 0.2) is 29.2 Å². The highest BCUT2D eigenvalue weighted by Crippen LogP contribution is 2.33. The second-order valence-corrected chi connectivity index (χ2v) is 7.93. The molecule has 0 spiro atoms. The maximum Gasteiger partial charge on any atom is 0.243 e. The number of nitrogens with zero attached hydrogens (tertiary/aromatic N) is 2. The third-order valence-corrected chi connectivity index (χ3v) is 5.83. The average Bonchev–Trinajstić information content (AvgIpc) is 2.83. The zero-order valence-electron chi connectivity index (χ0n) is 12.7. The first kappa shape index (κ1) is 18.2. The molecular weight excluding hydrogens is 310 g/mol. The van der Waals surface area contributed by atoms with Crippen molar-refractivity contribution in [3.05, 3.63) is 24.3 Å². The lowest BCUT2D eigenvalue weighted by atomic mass is 9.90. The van der Waals surface area contributed by atoms with E-state index in [9.17, 15) is 8.42 Å². The lowest BCUT2D eigenvalue weighted by molar-refractivity contribution is 0.349. The van der Waals surface area contributed by atoms with Crippen molar-refractivity contribution in [2.24, 2.45) is 11.1 Å². The lowest BCUT2D eigenvalue weighted by Gasteiger charge is -2.23. The number of benzene rings is 1. The lowest BCUT2D eigenvalue weighted by Crippen LogP contribution is -2.34. The van der Waals surface area contributed by atoms with E-state index in [0.29, 0.717) is 24.5 Å². The van der Waals surface area contributed by atoms with E-state index in [-0.39, 0.29) is 17.8 Å². The van der Waals surface area contributed by atoms with Crippen LogP contribution in [0.4, 0.5) is 5.69 Å². The molecule has 0 aliphatic carbocycles. The van der Waals surface area contributed by atoms with Gasteiger partial charge in [0, 0.05) is 32.9 Å². The molecule has 1 fully saturated rings. The predicted octanol–water partition coefficient (Wildman–Crippen LogP) is 1.53. The molecule has 0 bridgehead atoms. The largest absolute Gasteiger partial charge is 0.378 e. The number of halogens is 1. The van der Waals surface area contributed by atoms with E-state index >= 15 is 0 Å². The molecular formula is C14H24ClN3O2S. The number of sulfonamides is 1.